The van der Waals surface area contributed by atoms with Crippen LogP contribution in [0.3, 0.4) is 0 Å². The molecule has 2 aromatic rings. The van der Waals surface area contributed by atoms with Crippen LogP contribution >= 0.6 is 31.9 Å². The molecule has 2 rings (SSSR count). The summed E-state index contributed by atoms with van der Waals surface area (Å²) in [7, 11) is 0. The standard InChI is InChI=1S/C11H8Br2N2O2/c1-6-5-15(14-10(6)11(16)17)9-4-7(12)2-3-8(9)13/h2-5H,1H3,(H,16,17). The summed E-state index contributed by atoms with van der Waals surface area (Å²) in [5.74, 6) is -1.02. The van der Waals surface area contributed by atoms with Crippen molar-refractivity contribution in [3.63, 3.8) is 0 Å². The van der Waals surface area contributed by atoms with E-state index in [0.29, 0.717) is 5.56 Å². The second-order valence-corrected chi connectivity index (χ2v) is 5.28. The van der Waals surface area contributed by atoms with Gasteiger partial charge in [-0.15, -0.1) is 0 Å². The van der Waals surface area contributed by atoms with Gasteiger partial charge in [-0.2, -0.15) is 5.10 Å². The number of benzene rings is 1. The lowest BCUT2D eigenvalue weighted by molar-refractivity contribution is 0.0689. The maximum absolute atomic E-state index is 10.9. The van der Waals surface area contributed by atoms with Crippen LogP contribution in [0.5, 0.6) is 0 Å². The number of hydrogen-bond acceptors (Lipinski definition) is 2. The van der Waals surface area contributed by atoms with Gasteiger partial charge in [-0.25, -0.2) is 9.48 Å². The normalized spacial score (nSPS) is 10.5. The van der Waals surface area contributed by atoms with E-state index in [2.05, 4.69) is 37.0 Å². The largest absolute Gasteiger partial charge is 0.476 e. The fraction of sp³-hybridized carbons (Fsp3) is 0.0909. The molecule has 0 atom stereocenters. The number of aromatic carboxylic acids is 1. The predicted molar refractivity (Wildman–Crippen MR) is 70.7 cm³/mol. The Morgan fingerprint density at radius 1 is 1.41 bits per heavy atom. The summed E-state index contributed by atoms with van der Waals surface area (Å²) < 4.78 is 3.30. The van der Waals surface area contributed by atoms with E-state index in [-0.39, 0.29) is 5.69 Å². The molecule has 0 fully saturated rings. The first kappa shape index (κ1) is 12.3. The zero-order chi connectivity index (χ0) is 12.6. The number of nitrogens with zero attached hydrogens (tertiary/aromatic N) is 2. The van der Waals surface area contributed by atoms with Gasteiger partial charge in [0.1, 0.15) is 0 Å². The minimum Gasteiger partial charge on any atom is -0.476 e. The van der Waals surface area contributed by atoms with Crippen LogP contribution in [0.4, 0.5) is 0 Å². The van der Waals surface area contributed by atoms with E-state index in [1.807, 2.05) is 18.2 Å². The van der Waals surface area contributed by atoms with Crippen LogP contribution in [0, 0.1) is 6.92 Å². The molecule has 17 heavy (non-hydrogen) atoms. The molecular weight excluding hydrogens is 352 g/mol. The molecule has 88 valence electrons. The molecule has 1 aromatic carbocycles. The van der Waals surface area contributed by atoms with E-state index >= 15 is 0 Å². The van der Waals surface area contributed by atoms with Crippen molar-refractivity contribution >= 4 is 37.8 Å². The summed E-state index contributed by atoms with van der Waals surface area (Å²) in [6.45, 7) is 1.72. The Kier molecular flexibility index (Phi) is 3.35. The maximum atomic E-state index is 10.9. The number of carbonyl (C=O) groups is 1. The van der Waals surface area contributed by atoms with Gasteiger partial charge in [0, 0.05) is 20.7 Å². The van der Waals surface area contributed by atoms with Gasteiger partial charge in [-0.05, 0) is 41.1 Å². The first-order valence-electron chi connectivity index (χ1n) is 4.74. The highest BCUT2D eigenvalue weighted by Crippen LogP contribution is 2.25. The Morgan fingerprint density at radius 3 is 2.71 bits per heavy atom. The highest BCUT2D eigenvalue weighted by atomic mass is 79.9. The van der Waals surface area contributed by atoms with Crippen molar-refractivity contribution in [2.45, 2.75) is 6.92 Å². The van der Waals surface area contributed by atoms with E-state index in [1.54, 1.807) is 17.8 Å². The van der Waals surface area contributed by atoms with Crippen molar-refractivity contribution in [3.8, 4) is 5.69 Å². The van der Waals surface area contributed by atoms with Crippen LogP contribution in [0.25, 0.3) is 5.69 Å². The van der Waals surface area contributed by atoms with E-state index in [0.717, 1.165) is 14.6 Å². The van der Waals surface area contributed by atoms with Crippen molar-refractivity contribution in [3.05, 3.63) is 44.6 Å². The predicted octanol–water partition coefficient (Wildman–Crippen LogP) is 3.40. The molecule has 0 aliphatic heterocycles. The number of halogens is 2. The quantitative estimate of drug-likeness (QED) is 0.893. The van der Waals surface area contributed by atoms with Gasteiger partial charge in [-0.1, -0.05) is 15.9 Å². The molecule has 6 heteroatoms. The van der Waals surface area contributed by atoms with E-state index < -0.39 is 5.97 Å². The van der Waals surface area contributed by atoms with Gasteiger partial charge in [0.25, 0.3) is 0 Å². The molecule has 0 saturated carbocycles. The SMILES string of the molecule is Cc1cn(-c2cc(Br)ccc2Br)nc1C(=O)O. The van der Waals surface area contributed by atoms with Gasteiger partial charge in [0.15, 0.2) is 5.69 Å². The number of hydrogen-bond donors (Lipinski definition) is 1. The van der Waals surface area contributed by atoms with Crippen LogP contribution in [0.2, 0.25) is 0 Å². The summed E-state index contributed by atoms with van der Waals surface area (Å²) >= 11 is 6.78. The van der Waals surface area contributed by atoms with Crippen molar-refractivity contribution in [1.29, 1.82) is 0 Å². The van der Waals surface area contributed by atoms with Crippen LogP contribution in [-0.4, -0.2) is 20.9 Å². The Morgan fingerprint density at radius 2 is 2.12 bits per heavy atom. The molecule has 0 aliphatic rings. The highest BCUT2D eigenvalue weighted by Gasteiger charge is 2.14. The smallest absolute Gasteiger partial charge is 0.356 e. The lowest BCUT2D eigenvalue weighted by Crippen LogP contribution is -2.02. The summed E-state index contributed by atoms with van der Waals surface area (Å²) in [4.78, 5) is 10.9. The highest BCUT2D eigenvalue weighted by molar-refractivity contribution is 9.11. The second kappa shape index (κ2) is 4.62. The molecular formula is C11H8Br2N2O2. The fourth-order valence-electron chi connectivity index (χ4n) is 1.46. The zero-order valence-corrected chi connectivity index (χ0v) is 12.0. The van der Waals surface area contributed by atoms with Gasteiger partial charge in [-0.3, -0.25) is 0 Å². The molecule has 0 saturated heterocycles. The fourth-order valence-corrected chi connectivity index (χ4v) is 2.23. The second-order valence-electron chi connectivity index (χ2n) is 3.51. The molecule has 0 aliphatic carbocycles. The van der Waals surface area contributed by atoms with Crippen LogP contribution in [0.15, 0.2) is 33.3 Å². The molecule has 1 N–H and O–H groups in total. The Balaban J connectivity index is 2.57. The lowest BCUT2D eigenvalue weighted by Gasteiger charge is -2.04. The van der Waals surface area contributed by atoms with Crippen molar-refractivity contribution in [2.24, 2.45) is 0 Å². The summed E-state index contributed by atoms with van der Waals surface area (Å²) in [6.07, 6.45) is 1.69. The Labute approximate surface area is 115 Å². The number of carboxylic acid groups (broad SMARTS) is 1. The zero-order valence-electron chi connectivity index (χ0n) is 8.82. The molecule has 1 aromatic heterocycles. The van der Waals surface area contributed by atoms with E-state index in [9.17, 15) is 4.79 Å². The summed E-state index contributed by atoms with van der Waals surface area (Å²) in [5.41, 5.74) is 1.48. The molecule has 1 heterocycles. The maximum Gasteiger partial charge on any atom is 0.356 e. The minimum atomic E-state index is -1.02. The number of carboxylic acids is 1. The monoisotopic (exact) mass is 358 g/mol. The van der Waals surface area contributed by atoms with E-state index in [4.69, 9.17) is 5.11 Å². The van der Waals surface area contributed by atoms with Gasteiger partial charge in [0.2, 0.25) is 0 Å². The van der Waals surface area contributed by atoms with Gasteiger partial charge in [0.05, 0.1) is 5.69 Å². The van der Waals surface area contributed by atoms with Crippen molar-refractivity contribution in [2.75, 3.05) is 0 Å². The molecule has 0 bridgehead atoms. The average molecular weight is 360 g/mol. The van der Waals surface area contributed by atoms with E-state index in [1.165, 1.54) is 0 Å². The summed E-state index contributed by atoms with van der Waals surface area (Å²) in [6, 6.07) is 5.63. The topological polar surface area (TPSA) is 55.1 Å². The third kappa shape index (κ3) is 2.42. The number of aryl methyl sites for hydroxylation is 1. The van der Waals surface area contributed by atoms with Crippen LogP contribution in [0.1, 0.15) is 16.1 Å². The van der Waals surface area contributed by atoms with Gasteiger partial charge < -0.3 is 5.11 Å². The lowest BCUT2D eigenvalue weighted by atomic mass is 10.3. The third-order valence-corrected chi connectivity index (χ3v) is 3.42. The van der Waals surface area contributed by atoms with Crippen LogP contribution < -0.4 is 0 Å². The number of aromatic nitrogens is 2. The molecule has 4 nitrogen and oxygen atoms in total. The number of rotatable bonds is 2. The first-order chi connectivity index (χ1) is 7.99. The van der Waals surface area contributed by atoms with Gasteiger partial charge >= 0.3 is 5.97 Å². The van der Waals surface area contributed by atoms with Crippen molar-refractivity contribution in [1.82, 2.24) is 9.78 Å². The molecule has 0 amide bonds. The summed E-state index contributed by atoms with van der Waals surface area (Å²) in [5, 5.41) is 13.0. The molecule has 0 radical (unpaired) electrons. The van der Waals surface area contributed by atoms with Crippen molar-refractivity contribution < 1.29 is 9.90 Å². The third-order valence-electron chi connectivity index (χ3n) is 2.25. The minimum absolute atomic E-state index is 0.0666. The molecule has 0 unspecified atom stereocenters. The Hall–Kier alpha value is -1.14. The first-order valence-corrected chi connectivity index (χ1v) is 6.32. The molecule has 0 spiro atoms. The average Bonchev–Trinajstić information content (AvgIpc) is 2.64. The Bertz CT molecular complexity index is 593. The van der Waals surface area contributed by atoms with Crippen LogP contribution in [-0.2, 0) is 0 Å².